The Kier molecular flexibility index (Phi) is 3.82. The van der Waals surface area contributed by atoms with Crippen molar-refractivity contribution in [1.29, 1.82) is 0 Å². The minimum absolute atomic E-state index is 0.311. The van der Waals surface area contributed by atoms with Gasteiger partial charge < -0.3 is 16.6 Å². The van der Waals surface area contributed by atoms with Crippen LogP contribution in [0.25, 0.3) is 0 Å². The zero-order valence-electron chi connectivity index (χ0n) is 7.43. The molecule has 1 aromatic rings. The maximum absolute atomic E-state index is 9.70. The predicted molar refractivity (Wildman–Crippen MR) is 50.8 cm³/mol. The summed E-state index contributed by atoms with van der Waals surface area (Å²) in [6.07, 6.45) is 3.21. The minimum Gasteiger partial charge on any atom is -0.387 e. The standard InChI is InChI=1S/C9H15N3O/c10-4-3-8(11)9(13)7-2-1-5-12-6-7/h1-2,5-6,8-9,13H,3-4,10-11H2. The molecule has 0 aromatic carbocycles. The number of nitrogens with zero attached hydrogens (tertiary/aromatic N) is 1. The number of nitrogens with two attached hydrogens (primary N) is 2. The van der Waals surface area contributed by atoms with Gasteiger partial charge in [0.25, 0.3) is 0 Å². The van der Waals surface area contributed by atoms with Gasteiger partial charge in [-0.3, -0.25) is 4.98 Å². The maximum atomic E-state index is 9.70. The molecule has 2 atom stereocenters. The topological polar surface area (TPSA) is 85.2 Å². The summed E-state index contributed by atoms with van der Waals surface area (Å²) in [6.45, 7) is 0.485. The van der Waals surface area contributed by atoms with Gasteiger partial charge in [0.15, 0.2) is 0 Å². The van der Waals surface area contributed by atoms with Crippen LogP contribution in [0.15, 0.2) is 24.5 Å². The van der Waals surface area contributed by atoms with Crippen molar-refractivity contribution in [2.45, 2.75) is 18.6 Å². The van der Waals surface area contributed by atoms with E-state index in [9.17, 15) is 5.11 Å². The van der Waals surface area contributed by atoms with Gasteiger partial charge in [-0.25, -0.2) is 0 Å². The molecule has 0 aliphatic heterocycles. The first-order chi connectivity index (χ1) is 6.25. The lowest BCUT2D eigenvalue weighted by Crippen LogP contribution is -2.30. The number of aliphatic hydroxyl groups is 1. The van der Waals surface area contributed by atoms with Gasteiger partial charge in [-0.05, 0) is 19.0 Å². The van der Waals surface area contributed by atoms with E-state index in [0.717, 1.165) is 5.56 Å². The molecule has 1 aromatic heterocycles. The zero-order chi connectivity index (χ0) is 9.68. The molecule has 13 heavy (non-hydrogen) atoms. The summed E-state index contributed by atoms with van der Waals surface area (Å²) in [6, 6.07) is 3.26. The predicted octanol–water partition coefficient (Wildman–Crippen LogP) is -0.209. The molecule has 0 radical (unpaired) electrons. The Morgan fingerprint density at radius 2 is 2.31 bits per heavy atom. The van der Waals surface area contributed by atoms with Gasteiger partial charge in [0, 0.05) is 24.0 Å². The van der Waals surface area contributed by atoms with E-state index >= 15 is 0 Å². The fourth-order valence-corrected chi connectivity index (χ4v) is 1.15. The molecule has 0 aliphatic rings. The zero-order valence-corrected chi connectivity index (χ0v) is 7.43. The smallest absolute Gasteiger partial charge is 0.0956 e. The van der Waals surface area contributed by atoms with E-state index in [-0.39, 0.29) is 6.04 Å². The molecule has 0 saturated carbocycles. The van der Waals surface area contributed by atoms with E-state index in [0.29, 0.717) is 13.0 Å². The second-order valence-corrected chi connectivity index (χ2v) is 2.97. The van der Waals surface area contributed by atoms with Crippen molar-refractivity contribution in [2.24, 2.45) is 11.5 Å². The third-order valence-corrected chi connectivity index (χ3v) is 1.93. The van der Waals surface area contributed by atoms with Crippen LogP contribution < -0.4 is 11.5 Å². The summed E-state index contributed by atoms with van der Waals surface area (Å²) in [7, 11) is 0. The van der Waals surface area contributed by atoms with E-state index < -0.39 is 6.10 Å². The van der Waals surface area contributed by atoms with Crippen molar-refractivity contribution >= 4 is 0 Å². The molecular formula is C9H15N3O. The minimum atomic E-state index is -0.669. The molecule has 0 saturated heterocycles. The fourth-order valence-electron chi connectivity index (χ4n) is 1.15. The van der Waals surface area contributed by atoms with E-state index in [1.807, 2.05) is 0 Å². The highest BCUT2D eigenvalue weighted by atomic mass is 16.3. The van der Waals surface area contributed by atoms with Crippen molar-refractivity contribution in [3.63, 3.8) is 0 Å². The summed E-state index contributed by atoms with van der Waals surface area (Å²) in [5.41, 5.74) is 11.8. The third kappa shape index (κ3) is 2.77. The highest BCUT2D eigenvalue weighted by Crippen LogP contribution is 2.15. The molecule has 1 heterocycles. The molecule has 4 nitrogen and oxygen atoms in total. The Bertz CT molecular complexity index is 240. The average Bonchev–Trinajstić information content (AvgIpc) is 2.18. The van der Waals surface area contributed by atoms with Gasteiger partial charge >= 0.3 is 0 Å². The Balaban J connectivity index is 2.62. The Morgan fingerprint density at radius 3 is 2.85 bits per heavy atom. The molecule has 0 spiro atoms. The largest absolute Gasteiger partial charge is 0.387 e. The quantitative estimate of drug-likeness (QED) is 0.600. The molecule has 0 fully saturated rings. The first-order valence-electron chi connectivity index (χ1n) is 4.29. The number of aromatic nitrogens is 1. The lowest BCUT2D eigenvalue weighted by molar-refractivity contribution is 0.143. The van der Waals surface area contributed by atoms with Gasteiger partial charge in [-0.15, -0.1) is 0 Å². The van der Waals surface area contributed by atoms with Crippen molar-refractivity contribution in [2.75, 3.05) is 6.54 Å². The first-order valence-corrected chi connectivity index (χ1v) is 4.29. The number of hydrogen-bond donors (Lipinski definition) is 3. The molecular weight excluding hydrogens is 166 g/mol. The maximum Gasteiger partial charge on any atom is 0.0956 e. The van der Waals surface area contributed by atoms with Crippen molar-refractivity contribution in [1.82, 2.24) is 4.98 Å². The van der Waals surface area contributed by atoms with Crippen LogP contribution in [0, 0.1) is 0 Å². The number of hydrogen-bond acceptors (Lipinski definition) is 4. The van der Waals surface area contributed by atoms with Gasteiger partial charge in [0.1, 0.15) is 0 Å². The highest BCUT2D eigenvalue weighted by molar-refractivity contribution is 5.13. The second kappa shape index (κ2) is 4.91. The van der Waals surface area contributed by atoms with Gasteiger partial charge in [-0.1, -0.05) is 6.07 Å². The molecule has 2 unspecified atom stereocenters. The van der Waals surface area contributed by atoms with Crippen LogP contribution >= 0.6 is 0 Å². The van der Waals surface area contributed by atoms with Crippen molar-refractivity contribution in [3.8, 4) is 0 Å². The third-order valence-electron chi connectivity index (χ3n) is 1.93. The summed E-state index contributed by atoms with van der Waals surface area (Å²) in [4.78, 5) is 3.90. The molecule has 5 N–H and O–H groups in total. The van der Waals surface area contributed by atoms with Gasteiger partial charge in [-0.2, -0.15) is 0 Å². The van der Waals surface area contributed by atoms with Crippen LogP contribution in [0.5, 0.6) is 0 Å². The second-order valence-electron chi connectivity index (χ2n) is 2.97. The number of rotatable bonds is 4. The van der Waals surface area contributed by atoms with E-state index in [2.05, 4.69) is 4.98 Å². The van der Waals surface area contributed by atoms with Gasteiger partial charge in [0.05, 0.1) is 6.10 Å². The summed E-state index contributed by atoms with van der Waals surface area (Å²) in [5.74, 6) is 0. The first kappa shape index (κ1) is 10.1. The molecule has 4 heteroatoms. The molecule has 72 valence electrons. The van der Waals surface area contributed by atoms with Crippen molar-refractivity contribution in [3.05, 3.63) is 30.1 Å². The summed E-state index contributed by atoms with van der Waals surface area (Å²) in [5, 5.41) is 9.70. The molecule has 0 amide bonds. The monoisotopic (exact) mass is 181 g/mol. The lowest BCUT2D eigenvalue weighted by Gasteiger charge is -2.17. The van der Waals surface area contributed by atoms with E-state index in [1.165, 1.54) is 0 Å². The van der Waals surface area contributed by atoms with E-state index in [1.54, 1.807) is 24.5 Å². The SMILES string of the molecule is NCCC(N)C(O)c1cccnc1. The van der Waals surface area contributed by atoms with Crippen LogP contribution in [-0.2, 0) is 0 Å². The Morgan fingerprint density at radius 1 is 1.54 bits per heavy atom. The number of aliphatic hydroxyl groups excluding tert-OH is 1. The van der Waals surface area contributed by atoms with Crippen LogP contribution in [-0.4, -0.2) is 22.7 Å². The Hall–Kier alpha value is -0.970. The van der Waals surface area contributed by atoms with E-state index in [4.69, 9.17) is 11.5 Å². The molecule has 1 rings (SSSR count). The summed E-state index contributed by atoms with van der Waals surface area (Å²) < 4.78 is 0. The lowest BCUT2D eigenvalue weighted by atomic mass is 10.0. The van der Waals surface area contributed by atoms with Crippen LogP contribution in [0.1, 0.15) is 18.1 Å². The van der Waals surface area contributed by atoms with Crippen LogP contribution in [0.3, 0.4) is 0 Å². The normalized spacial score (nSPS) is 15.3. The van der Waals surface area contributed by atoms with Crippen LogP contribution in [0.2, 0.25) is 0 Å². The number of pyridine rings is 1. The summed E-state index contributed by atoms with van der Waals surface area (Å²) >= 11 is 0. The fraction of sp³-hybridized carbons (Fsp3) is 0.444. The Labute approximate surface area is 77.6 Å². The molecule has 0 bridgehead atoms. The molecule has 0 aliphatic carbocycles. The van der Waals surface area contributed by atoms with Gasteiger partial charge in [0.2, 0.25) is 0 Å². The van der Waals surface area contributed by atoms with Crippen LogP contribution in [0.4, 0.5) is 0 Å². The van der Waals surface area contributed by atoms with Crippen molar-refractivity contribution < 1.29 is 5.11 Å². The highest BCUT2D eigenvalue weighted by Gasteiger charge is 2.15. The average molecular weight is 181 g/mol.